The van der Waals surface area contributed by atoms with Gasteiger partial charge >= 0.3 is 0 Å². The van der Waals surface area contributed by atoms with Crippen LogP contribution in [0.5, 0.6) is 0 Å². The Morgan fingerprint density at radius 3 is 2.47 bits per heavy atom. The fraction of sp³-hybridized carbons (Fsp3) is 0.786. The van der Waals surface area contributed by atoms with Gasteiger partial charge in [0.2, 0.25) is 5.91 Å². The third kappa shape index (κ3) is 5.87. The van der Waals surface area contributed by atoms with E-state index in [1.54, 1.807) is 0 Å². The molecule has 0 heterocycles. The molecule has 3 heteroatoms. The van der Waals surface area contributed by atoms with Crippen LogP contribution in [0.25, 0.3) is 0 Å². The second-order valence-electron chi connectivity index (χ2n) is 4.96. The third-order valence-electron chi connectivity index (χ3n) is 3.52. The van der Waals surface area contributed by atoms with E-state index in [-0.39, 0.29) is 5.91 Å². The van der Waals surface area contributed by atoms with Crippen LogP contribution >= 0.6 is 0 Å². The van der Waals surface area contributed by atoms with Crippen molar-refractivity contribution in [2.45, 2.75) is 45.4 Å². The fourth-order valence-corrected chi connectivity index (χ4v) is 2.31. The summed E-state index contributed by atoms with van der Waals surface area (Å²) in [5.74, 6) is 1.23. The van der Waals surface area contributed by atoms with E-state index >= 15 is 0 Å². The molecule has 1 amide bonds. The van der Waals surface area contributed by atoms with Crippen molar-refractivity contribution < 1.29 is 9.90 Å². The van der Waals surface area contributed by atoms with Gasteiger partial charge in [-0.05, 0) is 43.9 Å². The van der Waals surface area contributed by atoms with E-state index in [4.69, 9.17) is 5.11 Å². The van der Waals surface area contributed by atoms with Crippen LogP contribution < -0.4 is 5.32 Å². The van der Waals surface area contributed by atoms with Crippen LogP contribution in [0.2, 0.25) is 0 Å². The highest BCUT2D eigenvalue weighted by Crippen LogP contribution is 2.27. The predicted octanol–water partition coefficient (Wildman–Crippen LogP) is 2.26. The lowest BCUT2D eigenvalue weighted by atomic mass is 9.82. The number of rotatable bonds is 6. The molecule has 98 valence electrons. The Morgan fingerprint density at radius 1 is 1.24 bits per heavy atom. The first-order valence-electron chi connectivity index (χ1n) is 6.78. The van der Waals surface area contributed by atoms with Gasteiger partial charge < -0.3 is 10.4 Å². The first-order valence-corrected chi connectivity index (χ1v) is 6.78. The Balaban J connectivity index is 2.10. The summed E-state index contributed by atoms with van der Waals surface area (Å²) in [7, 11) is 0. The van der Waals surface area contributed by atoms with E-state index in [9.17, 15) is 4.79 Å². The zero-order chi connectivity index (χ0) is 12.5. The third-order valence-corrected chi connectivity index (χ3v) is 3.52. The molecule has 1 aliphatic rings. The number of hydrogen-bond acceptors (Lipinski definition) is 2. The molecule has 17 heavy (non-hydrogen) atoms. The normalized spacial score (nSPS) is 25.1. The highest BCUT2D eigenvalue weighted by atomic mass is 16.3. The van der Waals surface area contributed by atoms with E-state index in [2.05, 4.69) is 12.2 Å². The Morgan fingerprint density at radius 2 is 1.88 bits per heavy atom. The number of amides is 1. The van der Waals surface area contributed by atoms with Crippen LogP contribution in [0, 0.1) is 11.8 Å². The van der Waals surface area contributed by atoms with E-state index in [0.29, 0.717) is 24.9 Å². The number of aliphatic hydroxyl groups excluding tert-OH is 1. The monoisotopic (exact) mass is 239 g/mol. The van der Waals surface area contributed by atoms with Crippen LogP contribution in [-0.4, -0.2) is 24.2 Å². The number of carbonyl (C=O) groups is 1. The molecule has 2 N–H and O–H groups in total. The lowest BCUT2D eigenvalue weighted by Crippen LogP contribution is -2.31. The SMILES string of the molecule is CC/C=C/CC(=O)NCC1CCC(CO)CC1. The maximum atomic E-state index is 11.5. The molecule has 1 saturated carbocycles. The largest absolute Gasteiger partial charge is 0.396 e. The zero-order valence-corrected chi connectivity index (χ0v) is 10.8. The van der Waals surface area contributed by atoms with E-state index in [0.717, 1.165) is 38.6 Å². The summed E-state index contributed by atoms with van der Waals surface area (Å²) in [6, 6.07) is 0. The van der Waals surface area contributed by atoms with Crippen molar-refractivity contribution >= 4 is 5.91 Å². The smallest absolute Gasteiger partial charge is 0.223 e. The molecule has 0 aromatic rings. The van der Waals surface area contributed by atoms with Crippen LogP contribution in [0.15, 0.2) is 12.2 Å². The molecule has 1 rings (SSSR count). The molecule has 0 aromatic carbocycles. The van der Waals surface area contributed by atoms with Gasteiger partial charge in [-0.3, -0.25) is 4.79 Å². The molecule has 0 atom stereocenters. The van der Waals surface area contributed by atoms with Gasteiger partial charge in [0.1, 0.15) is 0 Å². The summed E-state index contributed by atoms with van der Waals surface area (Å²) in [6.07, 6.45) is 9.91. The highest BCUT2D eigenvalue weighted by molar-refractivity contribution is 5.77. The second-order valence-corrected chi connectivity index (χ2v) is 4.96. The van der Waals surface area contributed by atoms with Crippen molar-refractivity contribution in [1.29, 1.82) is 0 Å². The zero-order valence-electron chi connectivity index (χ0n) is 10.8. The maximum absolute atomic E-state index is 11.5. The summed E-state index contributed by atoms with van der Waals surface area (Å²) in [5.41, 5.74) is 0. The Hall–Kier alpha value is -0.830. The van der Waals surface area contributed by atoms with E-state index in [1.165, 1.54) is 0 Å². The maximum Gasteiger partial charge on any atom is 0.223 e. The van der Waals surface area contributed by atoms with Gasteiger partial charge in [0, 0.05) is 19.6 Å². The number of allylic oxidation sites excluding steroid dienone is 1. The Labute approximate surface area is 104 Å². The average Bonchev–Trinajstić information content (AvgIpc) is 2.37. The molecule has 0 saturated heterocycles. The average molecular weight is 239 g/mol. The molecule has 3 nitrogen and oxygen atoms in total. The van der Waals surface area contributed by atoms with Crippen molar-refractivity contribution in [3.05, 3.63) is 12.2 Å². The van der Waals surface area contributed by atoms with E-state index in [1.807, 2.05) is 12.2 Å². The van der Waals surface area contributed by atoms with Gasteiger partial charge in [-0.1, -0.05) is 19.1 Å². The molecule has 0 aromatic heterocycles. The van der Waals surface area contributed by atoms with Crippen LogP contribution in [0.3, 0.4) is 0 Å². The molecule has 0 radical (unpaired) electrons. The lowest BCUT2D eigenvalue weighted by molar-refractivity contribution is -0.120. The van der Waals surface area contributed by atoms with Gasteiger partial charge in [-0.25, -0.2) is 0 Å². The molecule has 0 unspecified atom stereocenters. The van der Waals surface area contributed by atoms with Crippen molar-refractivity contribution in [1.82, 2.24) is 5.32 Å². The molecular weight excluding hydrogens is 214 g/mol. The topological polar surface area (TPSA) is 49.3 Å². The predicted molar refractivity (Wildman–Crippen MR) is 69.6 cm³/mol. The van der Waals surface area contributed by atoms with Crippen molar-refractivity contribution in [3.63, 3.8) is 0 Å². The summed E-state index contributed by atoms with van der Waals surface area (Å²) in [5, 5.41) is 12.0. The molecular formula is C14H25NO2. The van der Waals surface area contributed by atoms with Crippen LogP contribution in [0.1, 0.15) is 45.4 Å². The lowest BCUT2D eigenvalue weighted by Gasteiger charge is -2.27. The van der Waals surface area contributed by atoms with Gasteiger partial charge in [0.15, 0.2) is 0 Å². The minimum Gasteiger partial charge on any atom is -0.396 e. The Bertz CT molecular complexity index is 243. The molecule has 0 aliphatic heterocycles. The first-order chi connectivity index (χ1) is 8.26. The minimum atomic E-state index is 0.124. The molecule has 0 bridgehead atoms. The van der Waals surface area contributed by atoms with Crippen molar-refractivity contribution in [2.24, 2.45) is 11.8 Å². The summed E-state index contributed by atoms with van der Waals surface area (Å²) in [4.78, 5) is 11.5. The standard InChI is InChI=1S/C14H25NO2/c1-2-3-4-5-14(17)15-10-12-6-8-13(11-16)9-7-12/h3-4,12-13,16H,2,5-11H2,1H3,(H,15,17)/b4-3+. The van der Waals surface area contributed by atoms with Crippen molar-refractivity contribution in [2.75, 3.05) is 13.2 Å². The first kappa shape index (κ1) is 14.2. The number of aliphatic hydroxyl groups is 1. The quantitative estimate of drug-likeness (QED) is 0.698. The fourth-order valence-electron chi connectivity index (χ4n) is 2.31. The number of hydrogen-bond donors (Lipinski definition) is 2. The molecule has 0 spiro atoms. The molecule has 1 fully saturated rings. The number of nitrogens with one attached hydrogen (secondary N) is 1. The summed E-state index contributed by atoms with van der Waals surface area (Å²) >= 11 is 0. The van der Waals surface area contributed by atoms with Crippen LogP contribution in [0.4, 0.5) is 0 Å². The summed E-state index contributed by atoms with van der Waals surface area (Å²) in [6.45, 7) is 3.19. The summed E-state index contributed by atoms with van der Waals surface area (Å²) < 4.78 is 0. The molecule has 1 aliphatic carbocycles. The minimum absolute atomic E-state index is 0.124. The second kappa shape index (κ2) is 8.29. The van der Waals surface area contributed by atoms with Gasteiger partial charge in [-0.15, -0.1) is 0 Å². The highest BCUT2D eigenvalue weighted by Gasteiger charge is 2.20. The van der Waals surface area contributed by atoms with Crippen molar-refractivity contribution in [3.8, 4) is 0 Å². The number of carbonyl (C=O) groups excluding carboxylic acids is 1. The van der Waals surface area contributed by atoms with Gasteiger partial charge in [0.25, 0.3) is 0 Å². The Kier molecular flexibility index (Phi) is 6.94. The van der Waals surface area contributed by atoms with E-state index < -0.39 is 0 Å². The van der Waals surface area contributed by atoms with Gasteiger partial charge in [-0.2, -0.15) is 0 Å². The van der Waals surface area contributed by atoms with Crippen LogP contribution in [-0.2, 0) is 4.79 Å². The van der Waals surface area contributed by atoms with Gasteiger partial charge in [0.05, 0.1) is 0 Å².